The molecule has 0 bridgehead atoms. The van der Waals surface area contributed by atoms with Crippen molar-refractivity contribution in [2.24, 2.45) is 0 Å². The van der Waals surface area contributed by atoms with E-state index in [4.69, 9.17) is 9.47 Å². The van der Waals surface area contributed by atoms with E-state index in [-0.39, 0.29) is 18.2 Å². The number of rotatable bonds is 6. The Morgan fingerprint density at radius 3 is 1.96 bits per heavy atom. The first kappa shape index (κ1) is 18.1. The lowest BCUT2D eigenvalue weighted by Crippen LogP contribution is -2.25. The SMILES string of the molecule is CC[B]/C(=C/C(=O)OC1CCCCC1)C(=O)OC1CCCCC1. The molecule has 0 unspecified atom stereocenters. The molecule has 0 aromatic heterocycles. The highest BCUT2D eigenvalue weighted by Crippen LogP contribution is 2.22. The summed E-state index contributed by atoms with van der Waals surface area (Å²) < 4.78 is 11.0. The molecule has 0 heterocycles. The van der Waals surface area contributed by atoms with Gasteiger partial charge in [0.15, 0.2) is 7.28 Å². The van der Waals surface area contributed by atoms with Crippen LogP contribution in [-0.4, -0.2) is 31.4 Å². The fraction of sp³-hybridized carbons (Fsp3) is 0.778. The Kier molecular flexibility index (Phi) is 7.70. The Balaban J connectivity index is 1.89. The standard InChI is InChI=1S/C18H28BO4/c1-2-19-16(18(21)23-15-11-7-4-8-12-15)13-17(20)22-14-9-5-3-6-10-14/h13-15H,2-12H2,1H3/b16-13+. The molecule has 2 aliphatic carbocycles. The second kappa shape index (κ2) is 9.79. The number of carbonyl (C=O) groups excluding carboxylic acids is 2. The van der Waals surface area contributed by atoms with Crippen LogP contribution in [0.5, 0.6) is 0 Å². The number of carbonyl (C=O) groups is 2. The first-order chi connectivity index (χ1) is 11.2. The summed E-state index contributed by atoms with van der Waals surface area (Å²) in [6, 6.07) is 0. The largest absolute Gasteiger partial charge is 0.460 e. The van der Waals surface area contributed by atoms with Gasteiger partial charge in [0.25, 0.3) is 0 Å². The summed E-state index contributed by atoms with van der Waals surface area (Å²) >= 11 is 0. The molecule has 0 aromatic rings. The molecule has 2 aliphatic rings. The predicted octanol–water partition coefficient (Wildman–Crippen LogP) is 3.76. The molecule has 0 saturated heterocycles. The molecule has 0 aliphatic heterocycles. The van der Waals surface area contributed by atoms with E-state index < -0.39 is 5.97 Å². The molecular formula is C18H28BO4. The van der Waals surface area contributed by atoms with Gasteiger partial charge < -0.3 is 9.47 Å². The summed E-state index contributed by atoms with van der Waals surface area (Å²) in [5, 5.41) is 0. The summed E-state index contributed by atoms with van der Waals surface area (Å²) in [5.41, 5.74) is 0.332. The van der Waals surface area contributed by atoms with E-state index in [1.54, 1.807) is 7.28 Å². The van der Waals surface area contributed by atoms with Crippen LogP contribution in [0.2, 0.25) is 6.32 Å². The van der Waals surface area contributed by atoms with Crippen molar-refractivity contribution in [3.8, 4) is 0 Å². The summed E-state index contributed by atoms with van der Waals surface area (Å²) in [5.74, 6) is -0.809. The van der Waals surface area contributed by atoms with Crippen LogP contribution in [0.25, 0.3) is 0 Å². The van der Waals surface area contributed by atoms with Gasteiger partial charge in [-0.15, -0.1) is 0 Å². The average Bonchev–Trinajstić information content (AvgIpc) is 2.56. The van der Waals surface area contributed by atoms with E-state index in [1.165, 1.54) is 18.9 Å². The fourth-order valence-corrected chi connectivity index (χ4v) is 3.33. The minimum atomic E-state index is -0.419. The lowest BCUT2D eigenvalue weighted by molar-refractivity contribution is -0.147. The molecule has 2 saturated carbocycles. The first-order valence-electron chi connectivity index (χ1n) is 9.15. The Hall–Kier alpha value is -1.26. The van der Waals surface area contributed by atoms with Crippen LogP contribution in [0.15, 0.2) is 11.5 Å². The van der Waals surface area contributed by atoms with Gasteiger partial charge in [0.1, 0.15) is 12.2 Å². The number of hydrogen-bond donors (Lipinski definition) is 0. The van der Waals surface area contributed by atoms with E-state index in [9.17, 15) is 9.59 Å². The third-order valence-corrected chi connectivity index (χ3v) is 4.59. The molecule has 5 heteroatoms. The highest BCUT2D eigenvalue weighted by molar-refractivity contribution is 6.54. The van der Waals surface area contributed by atoms with E-state index in [2.05, 4.69) is 0 Å². The van der Waals surface area contributed by atoms with Gasteiger partial charge in [-0.2, -0.15) is 0 Å². The highest BCUT2D eigenvalue weighted by atomic mass is 16.5. The molecule has 23 heavy (non-hydrogen) atoms. The molecule has 4 nitrogen and oxygen atoms in total. The summed E-state index contributed by atoms with van der Waals surface area (Å²) in [6.45, 7) is 1.94. The summed E-state index contributed by atoms with van der Waals surface area (Å²) in [4.78, 5) is 24.4. The van der Waals surface area contributed by atoms with Crippen molar-refractivity contribution in [1.29, 1.82) is 0 Å². The summed E-state index contributed by atoms with van der Waals surface area (Å²) in [7, 11) is 1.74. The second-order valence-corrected chi connectivity index (χ2v) is 6.57. The van der Waals surface area contributed by atoms with Crippen LogP contribution in [0.4, 0.5) is 0 Å². The van der Waals surface area contributed by atoms with E-state index in [1.807, 2.05) is 6.92 Å². The Morgan fingerprint density at radius 2 is 1.43 bits per heavy atom. The lowest BCUT2D eigenvalue weighted by Gasteiger charge is -2.23. The van der Waals surface area contributed by atoms with E-state index in [0.717, 1.165) is 51.4 Å². The molecular weight excluding hydrogens is 291 g/mol. The van der Waals surface area contributed by atoms with Crippen molar-refractivity contribution in [2.45, 2.75) is 89.7 Å². The Labute approximate surface area is 140 Å². The van der Waals surface area contributed by atoms with Crippen LogP contribution in [0.1, 0.15) is 71.1 Å². The average molecular weight is 319 g/mol. The zero-order valence-electron chi connectivity index (χ0n) is 14.2. The van der Waals surface area contributed by atoms with Crippen molar-refractivity contribution >= 4 is 19.2 Å². The maximum absolute atomic E-state index is 12.3. The van der Waals surface area contributed by atoms with Crippen molar-refractivity contribution in [2.75, 3.05) is 0 Å². The highest BCUT2D eigenvalue weighted by Gasteiger charge is 2.22. The molecule has 2 fully saturated rings. The zero-order chi connectivity index (χ0) is 16.5. The van der Waals surface area contributed by atoms with Gasteiger partial charge in [-0.05, 0) is 51.4 Å². The molecule has 127 valence electrons. The van der Waals surface area contributed by atoms with Crippen molar-refractivity contribution in [1.82, 2.24) is 0 Å². The van der Waals surface area contributed by atoms with Crippen LogP contribution >= 0.6 is 0 Å². The number of hydrogen-bond acceptors (Lipinski definition) is 4. The molecule has 2 rings (SSSR count). The van der Waals surface area contributed by atoms with Gasteiger partial charge in [-0.1, -0.05) is 26.1 Å². The van der Waals surface area contributed by atoms with Gasteiger partial charge >= 0.3 is 11.9 Å². The smallest absolute Gasteiger partial charge is 0.330 e. The van der Waals surface area contributed by atoms with Crippen LogP contribution < -0.4 is 0 Å². The third-order valence-electron chi connectivity index (χ3n) is 4.59. The van der Waals surface area contributed by atoms with Gasteiger partial charge in [0.05, 0.1) is 0 Å². The van der Waals surface area contributed by atoms with Gasteiger partial charge in [-0.3, -0.25) is 0 Å². The molecule has 0 spiro atoms. The topological polar surface area (TPSA) is 52.6 Å². The molecule has 0 amide bonds. The number of esters is 2. The van der Waals surface area contributed by atoms with Gasteiger partial charge in [0.2, 0.25) is 0 Å². The molecule has 0 atom stereocenters. The zero-order valence-corrected chi connectivity index (χ0v) is 14.2. The van der Waals surface area contributed by atoms with Crippen LogP contribution in [0, 0.1) is 0 Å². The van der Waals surface area contributed by atoms with Crippen molar-refractivity contribution in [3.05, 3.63) is 11.5 Å². The molecule has 1 radical (unpaired) electrons. The molecule has 0 aromatic carbocycles. The first-order valence-corrected chi connectivity index (χ1v) is 9.15. The van der Waals surface area contributed by atoms with E-state index in [0.29, 0.717) is 11.8 Å². The number of ether oxygens (including phenoxy) is 2. The second-order valence-electron chi connectivity index (χ2n) is 6.57. The Morgan fingerprint density at radius 1 is 0.913 bits per heavy atom. The maximum Gasteiger partial charge on any atom is 0.330 e. The van der Waals surface area contributed by atoms with Crippen LogP contribution in [0.3, 0.4) is 0 Å². The minimum absolute atomic E-state index is 0.000675. The van der Waals surface area contributed by atoms with Crippen LogP contribution in [-0.2, 0) is 19.1 Å². The van der Waals surface area contributed by atoms with Gasteiger partial charge in [0, 0.05) is 11.5 Å². The fourth-order valence-electron chi connectivity index (χ4n) is 3.33. The minimum Gasteiger partial charge on any atom is -0.460 e. The predicted molar refractivity (Wildman–Crippen MR) is 90.2 cm³/mol. The Bertz CT molecular complexity index is 421. The third kappa shape index (κ3) is 6.40. The maximum atomic E-state index is 12.3. The lowest BCUT2D eigenvalue weighted by atomic mass is 9.67. The molecule has 0 N–H and O–H groups in total. The monoisotopic (exact) mass is 319 g/mol. The van der Waals surface area contributed by atoms with Gasteiger partial charge in [-0.25, -0.2) is 9.59 Å². The summed E-state index contributed by atoms with van der Waals surface area (Å²) in [6.07, 6.45) is 12.6. The normalized spacial score (nSPS) is 20.8. The quantitative estimate of drug-likeness (QED) is 0.425. The van der Waals surface area contributed by atoms with Crippen molar-refractivity contribution < 1.29 is 19.1 Å². The van der Waals surface area contributed by atoms with Crippen molar-refractivity contribution in [3.63, 3.8) is 0 Å². The van der Waals surface area contributed by atoms with E-state index >= 15 is 0 Å².